The highest BCUT2D eigenvalue weighted by atomic mass is 79.9. The van der Waals surface area contributed by atoms with Gasteiger partial charge in [-0.2, -0.15) is 5.10 Å². The van der Waals surface area contributed by atoms with Crippen molar-refractivity contribution >= 4 is 34.0 Å². The van der Waals surface area contributed by atoms with E-state index in [4.69, 9.17) is 9.47 Å². The lowest BCUT2D eigenvalue weighted by atomic mass is 10.2. The van der Waals surface area contributed by atoms with E-state index in [1.54, 1.807) is 19.2 Å². The molecule has 1 aromatic carbocycles. The second-order valence-corrected chi connectivity index (χ2v) is 6.54. The van der Waals surface area contributed by atoms with Crippen molar-refractivity contribution in [3.05, 3.63) is 22.2 Å². The Hall–Kier alpha value is -2.09. The van der Waals surface area contributed by atoms with Gasteiger partial charge in [0.25, 0.3) is 0 Å². The van der Waals surface area contributed by atoms with Gasteiger partial charge >= 0.3 is 11.8 Å². The van der Waals surface area contributed by atoms with Crippen LogP contribution in [0.5, 0.6) is 11.5 Å². The number of halogens is 1. The molecule has 0 heterocycles. The van der Waals surface area contributed by atoms with Crippen LogP contribution < -0.4 is 20.2 Å². The van der Waals surface area contributed by atoms with Crippen LogP contribution in [0.4, 0.5) is 0 Å². The zero-order valence-electron chi connectivity index (χ0n) is 14.9. The third-order valence-electron chi connectivity index (χ3n) is 2.96. The van der Waals surface area contributed by atoms with Gasteiger partial charge in [-0.05, 0) is 46.0 Å². The second-order valence-electron chi connectivity index (χ2n) is 5.69. The van der Waals surface area contributed by atoms with E-state index in [-0.39, 0.29) is 5.92 Å². The van der Waals surface area contributed by atoms with Crippen molar-refractivity contribution < 1.29 is 19.1 Å². The topological polar surface area (TPSA) is 89.0 Å². The van der Waals surface area contributed by atoms with E-state index >= 15 is 0 Å². The van der Waals surface area contributed by atoms with Gasteiger partial charge in [0, 0.05) is 6.54 Å². The predicted octanol–water partition coefficient (Wildman–Crippen LogP) is 2.47. The maximum atomic E-state index is 11.6. The number of carbonyl (C=O) groups excluding carboxylic acids is 2. The van der Waals surface area contributed by atoms with Gasteiger partial charge in [-0.1, -0.05) is 20.8 Å². The number of hydrogen-bond donors (Lipinski definition) is 2. The van der Waals surface area contributed by atoms with Gasteiger partial charge in [-0.25, -0.2) is 5.43 Å². The first-order valence-electron chi connectivity index (χ1n) is 8.00. The summed E-state index contributed by atoms with van der Waals surface area (Å²) in [6.07, 6.45) is 2.30. The average Bonchev–Trinajstić information content (AvgIpc) is 2.58. The van der Waals surface area contributed by atoms with Crippen LogP contribution in [0.1, 0.15) is 32.8 Å². The standard InChI is InChI=1S/C17H24BrN3O4/c1-5-6-25-15-13(18)7-12(8-14(15)24-4)10-20-21-17(23)16(22)19-9-11(2)3/h7-8,10-11H,5-6,9H2,1-4H3,(H,19,22)(H,21,23)/b20-10-. The Morgan fingerprint density at radius 2 is 2.04 bits per heavy atom. The Bertz CT molecular complexity index is 633. The Balaban J connectivity index is 2.72. The predicted molar refractivity (Wildman–Crippen MR) is 100 cm³/mol. The highest BCUT2D eigenvalue weighted by Crippen LogP contribution is 2.36. The minimum Gasteiger partial charge on any atom is -0.493 e. The van der Waals surface area contributed by atoms with Gasteiger partial charge in [-0.3, -0.25) is 9.59 Å². The van der Waals surface area contributed by atoms with Gasteiger partial charge in [0.2, 0.25) is 0 Å². The summed E-state index contributed by atoms with van der Waals surface area (Å²) in [5.74, 6) is -0.110. The number of hydrogen-bond acceptors (Lipinski definition) is 5. The first-order chi connectivity index (χ1) is 11.9. The zero-order chi connectivity index (χ0) is 18.8. The summed E-state index contributed by atoms with van der Waals surface area (Å²) in [6.45, 7) is 6.90. The van der Waals surface area contributed by atoms with Crippen molar-refractivity contribution in [3.63, 3.8) is 0 Å². The number of rotatable bonds is 8. The lowest BCUT2D eigenvalue weighted by Gasteiger charge is -2.12. The molecule has 0 unspecified atom stereocenters. The molecule has 0 aliphatic heterocycles. The number of methoxy groups -OCH3 is 1. The molecule has 0 aliphatic carbocycles. The van der Waals surface area contributed by atoms with E-state index in [1.165, 1.54) is 6.21 Å². The molecule has 0 aromatic heterocycles. The lowest BCUT2D eigenvalue weighted by Crippen LogP contribution is -2.39. The lowest BCUT2D eigenvalue weighted by molar-refractivity contribution is -0.139. The summed E-state index contributed by atoms with van der Waals surface area (Å²) in [5.41, 5.74) is 2.87. The van der Waals surface area contributed by atoms with Crippen molar-refractivity contribution in [3.8, 4) is 11.5 Å². The molecule has 138 valence electrons. The smallest absolute Gasteiger partial charge is 0.329 e. The van der Waals surface area contributed by atoms with Crippen molar-refractivity contribution in [2.75, 3.05) is 20.3 Å². The quantitative estimate of drug-likeness (QED) is 0.389. The van der Waals surface area contributed by atoms with Crippen LogP contribution >= 0.6 is 15.9 Å². The molecule has 1 rings (SSSR count). The van der Waals surface area contributed by atoms with E-state index in [1.807, 2.05) is 20.8 Å². The van der Waals surface area contributed by atoms with Crippen LogP contribution in [0.25, 0.3) is 0 Å². The van der Waals surface area contributed by atoms with Gasteiger partial charge in [-0.15, -0.1) is 0 Å². The Morgan fingerprint density at radius 1 is 1.32 bits per heavy atom. The first-order valence-corrected chi connectivity index (χ1v) is 8.79. The average molecular weight is 414 g/mol. The molecular formula is C17H24BrN3O4. The molecule has 0 aliphatic rings. The van der Waals surface area contributed by atoms with Crippen LogP contribution in [0.2, 0.25) is 0 Å². The summed E-state index contributed by atoms with van der Waals surface area (Å²) >= 11 is 3.43. The van der Waals surface area contributed by atoms with E-state index in [9.17, 15) is 9.59 Å². The summed E-state index contributed by atoms with van der Waals surface area (Å²) < 4.78 is 11.7. The van der Waals surface area contributed by atoms with Crippen molar-refractivity contribution in [1.82, 2.24) is 10.7 Å². The molecule has 0 atom stereocenters. The van der Waals surface area contributed by atoms with Gasteiger partial charge in [0.05, 0.1) is 24.4 Å². The monoisotopic (exact) mass is 413 g/mol. The summed E-state index contributed by atoms with van der Waals surface area (Å²) in [6, 6.07) is 3.51. The molecule has 0 radical (unpaired) electrons. The van der Waals surface area contributed by atoms with E-state index in [2.05, 4.69) is 31.8 Å². The zero-order valence-corrected chi connectivity index (χ0v) is 16.5. The normalized spacial score (nSPS) is 10.8. The molecule has 8 heteroatoms. The fraction of sp³-hybridized carbons (Fsp3) is 0.471. The highest BCUT2D eigenvalue weighted by Gasteiger charge is 2.13. The van der Waals surface area contributed by atoms with Crippen LogP contribution in [0, 0.1) is 5.92 Å². The number of carbonyl (C=O) groups is 2. The number of amides is 2. The Labute approximate surface area is 156 Å². The number of benzene rings is 1. The minimum atomic E-state index is -0.814. The van der Waals surface area contributed by atoms with Crippen molar-refractivity contribution in [2.24, 2.45) is 11.0 Å². The third kappa shape index (κ3) is 7.13. The molecule has 0 saturated carbocycles. The fourth-order valence-corrected chi connectivity index (χ4v) is 2.33. The Morgan fingerprint density at radius 3 is 2.64 bits per heavy atom. The van der Waals surface area contributed by atoms with Crippen LogP contribution in [0.3, 0.4) is 0 Å². The molecular weight excluding hydrogens is 390 g/mol. The summed E-state index contributed by atoms with van der Waals surface area (Å²) in [7, 11) is 1.54. The SMILES string of the molecule is CCCOc1c(Br)cc(/C=N\NC(=O)C(=O)NCC(C)C)cc1OC. The van der Waals surface area contributed by atoms with E-state index < -0.39 is 11.8 Å². The van der Waals surface area contributed by atoms with Crippen molar-refractivity contribution in [2.45, 2.75) is 27.2 Å². The molecule has 2 amide bonds. The highest BCUT2D eigenvalue weighted by molar-refractivity contribution is 9.10. The summed E-state index contributed by atoms with van der Waals surface area (Å²) in [5, 5.41) is 6.31. The molecule has 0 fully saturated rings. The number of nitrogens with one attached hydrogen (secondary N) is 2. The molecule has 7 nitrogen and oxygen atoms in total. The van der Waals surface area contributed by atoms with Crippen molar-refractivity contribution in [1.29, 1.82) is 0 Å². The maximum absolute atomic E-state index is 11.6. The molecule has 0 saturated heterocycles. The third-order valence-corrected chi connectivity index (χ3v) is 3.55. The largest absolute Gasteiger partial charge is 0.493 e. The molecule has 25 heavy (non-hydrogen) atoms. The second kappa shape index (κ2) is 10.7. The number of hydrazone groups is 1. The maximum Gasteiger partial charge on any atom is 0.329 e. The number of ether oxygens (including phenoxy) is 2. The van der Waals surface area contributed by atoms with Gasteiger partial charge in [0.15, 0.2) is 11.5 Å². The van der Waals surface area contributed by atoms with Crippen LogP contribution in [0.15, 0.2) is 21.7 Å². The first kappa shape index (κ1) is 21.0. The molecule has 1 aromatic rings. The molecule has 2 N–H and O–H groups in total. The van der Waals surface area contributed by atoms with Gasteiger partial charge < -0.3 is 14.8 Å². The van der Waals surface area contributed by atoms with Crippen LogP contribution in [-0.4, -0.2) is 38.3 Å². The molecule has 0 spiro atoms. The molecule has 0 bridgehead atoms. The van der Waals surface area contributed by atoms with Crippen LogP contribution in [-0.2, 0) is 9.59 Å². The number of nitrogens with zero attached hydrogens (tertiary/aromatic N) is 1. The van der Waals surface area contributed by atoms with E-state index in [0.717, 1.165) is 6.42 Å². The summed E-state index contributed by atoms with van der Waals surface area (Å²) in [4.78, 5) is 23.2. The minimum absolute atomic E-state index is 0.263. The van der Waals surface area contributed by atoms with E-state index in [0.29, 0.717) is 34.7 Å². The van der Waals surface area contributed by atoms with Gasteiger partial charge in [0.1, 0.15) is 0 Å². The Kier molecular flexibility index (Phi) is 8.98. The fourth-order valence-electron chi connectivity index (χ4n) is 1.75.